The van der Waals surface area contributed by atoms with E-state index in [4.69, 9.17) is 23.8 Å². The summed E-state index contributed by atoms with van der Waals surface area (Å²) in [7, 11) is 0. The van der Waals surface area contributed by atoms with E-state index >= 15 is 0 Å². The summed E-state index contributed by atoms with van der Waals surface area (Å²) in [6, 6.07) is 18.9. The number of carbonyl (C=O) groups excluding carboxylic acids is 1. The van der Waals surface area contributed by atoms with E-state index in [-0.39, 0.29) is 11.0 Å². The first-order valence-corrected chi connectivity index (χ1v) is 9.96. The quantitative estimate of drug-likeness (QED) is 0.546. The van der Waals surface area contributed by atoms with Crippen molar-refractivity contribution in [1.82, 2.24) is 5.32 Å². The molecule has 0 spiro atoms. The van der Waals surface area contributed by atoms with Gasteiger partial charge in [-0.3, -0.25) is 10.1 Å². The number of anilines is 2. The third kappa shape index (κ3) is 4.43. The molecule has 0 radical (unpaired) electrons. The predicted octanol–water partition coefficient (Wildman–Crippen LogP) is 5.47. The van der Waals surface area contributed by atoms with Gasteiger partial charge in [0.25, 0.3) is 5.91 Å². The van der Waals surface area contributed by atoms with Gasteiger partial charge < -0.3 is 10.2 Å². The summed E-state index contributed by atoms with van der Waals surface area (Å²) in [6.07, 6.45) is 0. The van der Waals surface area contributed by atoms with Gasteiger partial charge in [-0.1, -0.05) is 35.9 Å². The number of amides is 1. The molecule has 0 aromatic heterocycles. The zero-order valence-electron chi connectivity index (χ0n) is 15.8. The lowest BCUT2D eigenvalue weighted by molar-refractivity contribution is 0.0979. The van der Waals surface area contributed by atoms with E-state index in [0.717, 1.165) is 35.2 Å². The Morgan fingerprint density at radius 3 is 2.29 bits per heavy atom. The molecule has 3 aromatic carbocycles. The highest BCUT2D eigenvalue weighted by molar-refractivity contribution is 7.80. The molecule has 4 nitrogen and oxygen atoms in total. The molecule has 0 saturated carbocycles. The topological polar surface area (TPSA) is 44.4 Å². The van der Waals surface area contributed by atoms with Crippen molar-refractivity contribution in [2.45, 2.75) is 13.8 Å². The van der Waals surface area contributed by atoms with Gasteiger partial charge in [0.2, 0.25) is 0 Å². The minimum Gasteiger partial charge on any atom is -0.372 e. The molecule has 0 bridgehead atoms. The van der Waals surface area contributed by atoms with Crippen molar-refractivity contribution in [2.75, 3.05) is 23.3 Å². The monoisotopic (exact) mass is 411 g/mol. The third-order valence-electron chi connectivity index (χ3n) is 4.59. The van der Waals surface area contributed by atoms with Gasteiger partial charge in [-0.25, -0.2) is 0 Å². The molecule has 0 atom stereocenters. The number of benzene rings is 3. The molecule has 144 valence electrons. The molecule has 0 saturated heterocycles. The average molecular weight is 412 g/mol. The van der Waals surface area contributed by atoms with Crippen molar-refractivity contribution in [2.24, 2.45) is 0 Å². The average Bonchev–Trinajstić information content (AvgIpc) is 2.70. The van der Waals surface area contributed by atoms with E-state index < -0.39 is 0 Å². The van der Waals surface area contributed by atoms with E-state index in [0.29, 0.717) is 10.6 Å². The Kier molecular flexibility index (Phi) is 6.49. The Bertz CT molecular complexity index is 1000. The van der Waals surface area contributed by atoms with E-state index in [1.165, 1.54) is 0 Å². The second kappa shape index (κ2) is 9.04. The molecule has 28 heavy (non-hydrogen) atoms. The first-order valence-electron chi connectivity index (χ1n) is 9.18. The van der Waals surface area contributed by atoms with Crippen LogP contribution >= 0.6 is 23.8 Å². The summed E-state index contributed by atoms with van der Waals surface area (Å²) >= 11 is 11.5. The van der Waals surface area contributed by atoms with Gasteiger partial charge in [0.15, 0.2) is 5.11 Å². The van der Waals surface area contributed by atoms with E-state index in [2.05, 4.69) is 29.4 Å². The fraction of sp³-hybridized carbons (Fsp3) is 0.182. The molecule has 6 heteroatoms. The molecule has 1 amide bonds. The molecule has 0 heterocycles. The van der Waals surface area contributed by atoms with E-state index in [1.54, 1.807) is 12.1 Å². The lowest BCUT2D eigenvalue weighted by atomic mass is 10.0. The van der Waals surface area contributed by atoms with Crippen LogP contribution in [0.4, 0.5) is 11.4 Å². The number of nitrogens with one attached hydrogen (secondary N) is 2. The third-order valence-corrected chi connectivity index (χ3v) is 5.13. The SMILES string of the molecule is CCN(CC)c1ccc(NC(=S)NC(=O)c2cccc3c(Cl)cccc23)cc1. The summed E-state index contributed by atoms with van der Waals surface area (Å²) in [6.45, 7) is 6.15. The molecule has 3 rings (SSSR count). The fourth-order valence-electron chi connectivity index (χ4n) is 3.15. The minimum absolute atomic E-state index is 0.250. The minimum atomic E-state index is -0.273. The maximum absolute atomic E-state index is 12.7. The summed E-state index contributed by atoms with van der Waals surface area (Å²) < 4.78 is 0. The highest BCUT2D eigenvalue weighted by Gasteiger charge is 2.13. The van der Waals surface area contributed by atoms with Crippen molar-refractivity contribution in [3.05, 3.63) is 71.2 Å². The molecule has 3 aromatic rings. The van der Waals surface area contributed by atoms with Crippen LogP contribution in [0.15, 0.2) is 60.7 Å². The number of rotatable bonds is 5. The largest absolute Gasteiger partial charge is 0.372 e. The van der Waals surface area contributed by atoms with Gasteiger partial charge in [-0.2, -0.15) is 0 Å². The number of hydrogen-bond acceptors (Lipinski definition) is 3. The molecule has 0 aliphatic carbocycles. The van der Waals surface area contributed by atoms with Crippen LogP contribution < -0.4 is 15.5 Å². The number of hydrogen-bond donors (Lipinski definition) is 2. The number of carbonyl (C=O) groups is 1. The summed E-state index contributed by atoms with van der Waals surface area (Å²) in [5.74, 6) is -0.273. The highest BCUT2D eigenvalue weighted by atomic mass is 35.5. The number of thiocarbonyl (C=S) groups is 1. The number of fused-ring (bicyclic) bond motifs is 1. The maximum Gasteiger partial charge on any atom is 0.258 e. The highest BCUT2D eigenvalue weighted by Crippen LogP contribution is 2.26. The van der Waals surface area contributed by atoms with Crippen molar-refractivity contribution < 1.29 is 4.79 Å². The van der Waals surface area contributed by atoms with Gasteiger partial charge in [-0.15, -0.1) is 0 Å². The normalized spacial score (nSPS) is 10.5. The van der Waals surface area contributed by atoms with Gasteiger partial charge in [-0.05, 0) is 67.8 Å². The summed E-state index contributed by atoms with van der Waals surface area (Å²) in [5, 5.41) is 8.29. The Morgan fingerprint density at radius 2 is 1.61 bits per heavy atom. The molecule has 0 aliphatic rings. The summed E-state index contributed by atoms with van der Waals surface area (Å²) in [4.78, 5) is 15.0. The van der Waals surface area contributed by atoms with Crippen LogP contribution in [0.1, 0.15) is 24.2 Å². The van der Waals surface area contributed by atoms with Gasteiger partial charge >= 0.3 is 0 Å². The van der Waals surface area contributed by atoms with Crippen molar-refractivity contribution >= 4 is 57.0 Å². The maximum atomic E-state index is 12.7. The lowest BCUT2D eigenvalue weighted by Crippen LogP contribution is -2.34. The number of halogens is 1. The predicted molar refractivity (Wildman–Crippen MR) is 123 cm³/mol. The molecular weight excluding hydrogens is 390 g/mol. The van der Waals surface area contributed by atoms with Gasteiger partial charge in [0, 0.05) is 40.4 Å². The summed E-state index contributed by atoms with van der Waals surface area (Å²) in [5.41, 5.74) is 2.50. The molecule has 0 aliphatic heterocycles. The molecule has 0 fully saturated rings. The van der Waals surface area contributed by atoms with Crippen LogP contribution in [-0.2, 0) is 0 Å². The van der Waals surface area contributed by atoms with Crippen LogP contribution in [0.2, 0.25) is 5.02 Å². The Hall–Kier alpha value is -2.63. The zero-order chi connectivity index (χ0) is 20.1. The second-order valence-electron chi connectivity index (χ2n) is 6.27. The second-order valence-corrected chi connectivity index (χ2v) is 7.08. The lowest BCUT2D eigenvalue weighted by Gasteiger charge is -2.21. The molecule has 2 N–H and O–H groups in total. The van der Waals surface area contributed by atoms with Crippen LogP contribution in [0.5, 0.6) is 0 Å². The first-order chi connectivity index (χ1) is 13.5. The first kappa shape index (κ1) is 20.1. The van der Waals surface area contributed by atoms with E-state index in [9.17, 15) is 4.79 Å². The van der Waals surface area contributed by atoms with Crippen LogP contribution in [0, 0.1) is 0 Å². The van der Waals surface area contributed by atoms with Gasteiger partial charge in [0.1, 0.15) is 0 Å². The van der Waals surface area contributed by atoms with Gasteiger partial charge in [0.05, 0.1) is 0 Å². The van der Waals surface area contributed by atoms with Crippen LogP contribution in [-0.4, -0.2) is 24.1 Å². The Labute approximate surface area is 175 Å². The van der Waals surface area contributed by atoms with E-state index in [1.807, 2.05) is 48.5 Å². The van der Waals surface area contributed by atoms with Crippen LogP contribution in [0.25, 0.3) is 10.8 Å². The van der Waals surface area contributed by atoms with Crippen molar-refractivity contribution in [1.29, 1.82) is 0 Å². The molecule has 0 unspecified atom stereocenters. The smallest absolute Gasteiger partial charge is 0.258 e. The zero-order valence-corrected chi connectivity index (χ0v) is 17.4. The van der Waals surface area contributed by atoms with Crippen molar-refractivity contribution in [3.63, 3.8) is 0 Å². The van der Waals surface area contributed by atoms with Crippen molar-refractivity contribution in [3.8, 4) is 0 Å². The molecular formula is C22H22ClN3OS. The van der Waals surface area contributed by atoms with Crippen LogP contribution in [0.3, 0.4) is 0 Å². The standard InChI is InChI=1S/C22H22ClN3OS/c1-3-26(4-2)16-13-11-15(12-14-16)24-22(28)25-21(27)19-9-5-8-18-17(19)7-6-10-20(18)23/h5-14H,3-4H2,1-2H3,(H2,24,25,27,28). The Balaban J connectivity index is 1.70. The Morgan fingerprint density at radius 1 is 0.964 bits per heavy atom. The fourth-order valence-corrected chi connectivity index (χ4v) is 3.59. The number of nitrogens with zero attached hydrogens (tertiary/aromatic N) is 1.